The number of rotatable bonds is 5. The zero-order valence-corrected chi connectivity index (χ0v) is 15.3. The van der Waals surface area contributed by atoms with Crippen molar-refractivity contribution in [2.24, 2.45) is 23.7 Å². The van der Waals surface area contributed by atoms with Crippen LogP contribution in [0.2, 0.25) is 0 Å². The van der Waals surface area contributed by atoms with Crippen molar-refractivity contribution < 1.29 is 5.11 Å². The molecule has 0 aliphatic heterocycles. The van der Waals surface area contributed by atoms with Crippen molar-refractivity contribution in [3.63, 3.8) is 0 Å². The molecule has 1 nitrogen and oxygen atoms in total. The van der Waals surface area contributed by atoms with Gasteiger partial charge in [-0.25, -0.2) is 0 Å². The molecule has 0 saturated heterocycles. The third-order valence-corrected chi connectivity index (χ3v) is 7.23. The highest BCUT2D eigenvalue weighted by atomic mass is 16.3. The summed E-state index contributed by atoms with van der Waals surface area (Å²) in [4.78, 5) is 0. The molecule has 1 N–H and O–H groups in total. The maximum atomic E-state index is 9.69. The van der Waals surface area contributed by atoms with Gasteiger partial charge in [-0.2, -0.15) is 0 Å². The third-order valence-electron chi connectivity index (χ3n) is 7.23. The van der Waals surface area contributed by atoms with Crippen molar-refractivity contribution in [3.8, 4) is 0 Å². The first-order valence-corrected chi connectivity index (χ1v) is 10.6. The maximum absolute atomic E-state index is 9.69. The predicted molar refractivity (Wildman–Crippen MR) is 98.4 cm³/mol. The van der Waals surface area contributed by atoms with E-state index < -0.39 is 0 Å². The highest BCUT2D eigenvalue weighted by molar-refractivity contribution is 5.12. The normalized spacial score (nSPS) is 39.0. The summed E-state index contributed by atoms with van der Waals surface area (Å²) in [7, 11) is 0. The Labute approximate surface area is 143 Å². The molecule has 2 saturated carbocycles. The molecule has 0 heterocycles. The molecule has 3 aliphatic carbocycles. The Morgan fingerprint density at radius 1 is 0.913 bits per heavy atom. The van der Waals surface area contributed by atoms with Crippen molar-refractivity contribution in [1.82, 2.24) is 0 Å². The van der Waals surface area contributed by atoms with Crippen LogP contribution in [0.3, 0.4) is 0 Å². The number of allylic oxidation sites excluding steroid dienone is 2. The van der Waals surface area contributed by atoms with Crippen molar-refractivity contribution in [2.45, 2.75) is 103 Å². The van der Waals surface area contributed by atoms with Gasteiger partial charge < -0.3 is 5.11 Å². The molecule has 0 radical (unpaired) electrons. The summed E-state index contributed by atoms with van der Waals surface area (Å²) in [6.45, 7) is 2.32. The van der Waals surface area contributed by atoms with Crippen LogP contribution in [0.4, 0.5) is 0 Å². The third kappa shape index (κ3) is 4.84. The van der Waals surface area contributed by atoms with Gasteiger partial charge in [-0.1, -0.05) is 50.7 Å². The fourth-order valence-electron chi connectivity index (χ4n) is 5.56. The largest absolute Gasteiger partial charge is 0.393 e. The molecule has 1 heteroatoms. The monoisotopic (exact) mass is 318 g/mol. The van der Waals surface area contributed by atoms with E-state index in [4.69, 9.17) is 0 Å². The number of hydrogen-bond acceptors (Lipinski definition) is 1. The van der Waals surface area contributed by atoms with Crippen molar-refractivity contribution in [3.05, 3.63) is 11.6 Å². The Morgan fingerprint density at radius 3 is 2.26 bits per heavy atom. The number of unbranched alkanes of at least 4 members (excludes halogenated alkanes) is 1. The average Bonchev–Trinajstić information content (AvgIpc) is 2.61. The molecule has 0 bridgehead atoms. The van der Waals surface area contributed by atoms with Crippen LogP contribution < -0.4 is 0 Å². The Kier molecular flexibility index (Phi) is 6.62. The quantitative estimate of drug-likeness (QED) is 0.593. The van der Waals surface area contributed by atoms with E-state index in [1.807, 2.05) is 0 Å². The van der Waals surface area contributed by atoms with E-state index in [1.54, 1.807) is 5.57 Å². The molecule has 0 aromatic heterocycles. The van der Waals surface area contributed by atoms with Gasteiger partial charge in [0, 0.05) is 0 Å². The fraction of sp³-hybridized carbons (Fsp3) is 0.909. The highest BCUT2D eigenvalue weighted by Crippen LogP contribution is 2.43. The number of aliphatic hydroxyl groups is 1. The predicted octanol–water partition coefficient (Wildman–Crippen LogP) is 6.26. The van der Waals surface area contributed by atoms with E-state index in [0.717, 1.165) is 36.5 Å². The Hall–Kier alpha value is -0.300. The fourth-order valence-corrected chi connectivity index (χ4v) is 5.56. The molecule has 23 heavy (non-hydrogen) atoms. The minimum atomic E-state index is -0.00826. The topological polar surface area (TPSA) is 20.2 Å². The molecule has 3 aliphatic rings. The van der Waals surface area contributed by atoms with E-state index in [-0.39, 0.29) is 6.10 Å². The first-order chi connectivity index (χ1) is 11.3. The van der Waals surface area contributed by atoms with Gasteiger partial charge >= 0.3 is 0 Å². The SMILES string of the molecule is CCCCC1CCC(C2CC=C(C3CCC(O)CC3)CC2)CC1. The van der Waals surface area contributed by atoms with E-state index in [1.165, 1.54) is 77.0 Å². The van der Waals surface area contributed by atoms with Gasteiger partial charge in [-0.05, 0) is 81.5 Å². The maximum Gasteiger partial charge on any atom is 0.0540 e. The van der Waals surface area contributed by atoms with Crippen LogP contribution >= 0.6 is 0 Å². The Bertz CT molecular complexity index is 369. The smallest absolute Gasteiger partial charge is 0.0540 e. The summed E-state index contributed by atoms with van der Waals surface area (Å²) in [5.41, 5.74) is 1.75. The molecular formula is C22H38O. The lowest BCUT2D eigenvalue weighted by molar-refractivity contribution is 0.113. The zero-order chi connectivity index (χ0) is 16.1. The first-order valence-electron chi connectivity index (χ1n) is 10.6. The molecular weight excluding hydrogens is 280 g/mol. The summed E-state index contributed by atoms with van der Waals surface area (Å²) in [5.74, 6) is 3.87. The van der Waals surface area contributed by atoms with Crippen LogP contribution in [-0.2, 0) is 0 Å². The summed E-state index contributed by atoms with van der Waals surface area (Å²) in [6.07, 6.45) is 21.7. The molecule has 3 rings (SSSR count). The summed E-state index contributed by atoms with van der Waals surface area (Å²) < 4.78 is 0. The van der Waals surface area contributed by atoms with Gasteiger partial charge in [0.05, 0.1) is 6.10 Å². The number of hydrogen-bond donors (Lipinski definition) is 1. The van der Waals surface area contributed by atoms with E-state index in [2.05, 4.69) is 13.0 Å². The molecule has 132 valence electrons. The molecule has 1 atom stereocenters. The summed E-state index contributed by atoms with van der Waals surface area (Å²) >= 11 is 0. The summed E-state index contributed by atoms with van der Waals surface area (Å²) in [5, 5.41) is 9.69. The van der Waals surface area contributed by atoms with E-state index in [0.29, 0.717) is 0 Å². The van der Waals surface area contributed by atoms with Crippen LogP contribution in [0.5, 0.6) is 0 Å². The minimum absolute atomic E-state index is 0.00826. The van der Waals surface area contributed by atoms with Crippen molar-refractivity contribution >= 4 is 0 Å². The van der Waals surface area contributed by atoms with Gasteiger partial charge in [0.2, 0.25) is 0 Å². The van der Waals surface area contributed by atoms with Crippen LogP contribution in [0.1, 0.15) is 96.8 Å². The second kappa shape index (κ2) is 8.70. The van der Waals surface area contributed by atoms with Crippen LogP contribution in [0, 0.1) is 23.7 Å². The average molecular weight is 319 g/mol. The van der Waals surface area contributed by atoms with Crippen LogP contribution in [0.15, 0.2) is 11.6 Å². The van der Waals surface area contributed by atoms with E-state index in [9.17, 15) is 5.11 Å². The Morgan fingerprint density at radius 2 is 1.65 bits per heavy atom. The van der Waals surface area contributed by atoms with Crippen LogP contribution in [-0.4, -0.2) is 11.2 Å². The van der Waals surface area contributed by atoms with Gasteiger partial charge in [0.1, 0.15) is 0 Å². The van der Waals surface area contributed by atoms with Gasteiger partial charge in [-0.15, -0.1) is 0 Å². The lowest BCUT2D eigenvalue weighted by atomic mass is 9.69. The summed E-state index contributed by atoms with van der Waals surface area (Å²) in [6, 6.07) is 0. The molecule has 0 spiro atoms. The van der Waals surface area contributed by atoms with Crippen molar-refractivity contribution in [1.29, 1.82) is 0 Å². The van der Waals surface area contributed by atoms with Gasteiger partial charge in [0.25, 0.3) is 0 Å². The van der Waals surface area contributed by atoms with Crippen molar-refractivity contribution in [2.75, 3.05) is 0 Å². The second-order valence-corrected chi connectivity index (χ2v) is 8.74. The van der Waals surface area contributed by atoms with Gasteiger partial charge in [0.15, 0.2) is 0 Å². The number of aliphatic hydroxyl groups excluding tert-OH is 1. The molecule has 0 aromatic rings. The zero-order valence-electron chi connectivity index (χ0n) is 15.3. The second-order valence-electron chi connectivity index (χ2n) is 8.74. The van der Waals surface area contributed by atoms with Gasteiger partial charge in [-0.3, -0.25) is 0 Å². The molecule has 2 fully saturated rings. The first kappa shape index (κ1) is 17.5. The lowest BCUT2D eigenvalue weighted by Gasteiger charge is -2.37. The van der Waals surface area contributed by atoms with E-state index >= 15 is 0 Å². The standard InChI is InChI=1S/C22H38O/c1-2-3-4-17-5-7-18(8-6-17)19-9-11-20(12-10-19)21-13-15-22(23)16-14-21/h11,17-19,21-23H,2-10,12-16H2,1H3. The lowest BCUT2D eigenvalue weighted by Crippen LogP contribution is -2.25. The minimum Gasteiger partial charge on any atom is -0.393 e. The van der Waals surface area contributed by atoms with Crippen LogP contribution in [0.25, 0.3) is 0 Å². The molecule has 0 aromatic carbocycles. The molecule has 1 unspecified atom stereocenters. The molecule has 0 amide bonds. The Balaban J connectivity index is 1.42. The highest BCUT2D eigenvalue weighted by Gasteiger charge is 2.30.